The number of para-hydroxylation sites is 1. The summed E-state index contributed by atoms with van der Waals surface area (Å²) in [6.45, 7) is 1.52. The zero-order valence-corrected chi connectivity index (χ0v) is 8.47. The molecule has 0 aliphatic carbocycles. The van der Waals surface area contributed by atoms with Crippen molar-refractivity contribution in [2.24, 2.45) is 0 Å². The van der Waals surface area contributed by atoms with Crippen LogP contribution in [0.3, 0.4) is 0 Å². The van der Waals surface area contributed by atoms with E-state index in [0.29, 0.717) is 16.6 Å². The van der Waals surface area contributed by atoms with Crippen molar-refractivity contribution in [2.45, 2.75) is 19.2 Å². The number of nitrogens with one attached hydrogen (secondary N) is 1. The minimum atomic E-state index is -4.64. The predicted molar refractivity (Wildman–Crippen MR) is 54.1 cm³/mol. The van der Waals surface area contributed by atoms with Crippen LogP contribution >= 0.6 is 0 Å². The first kappa shape index (κ1) is 11.0. The molecule has 1 aromatic carbocycles. The number of aromatic nitrogens is 1. The summed E-state index contributed by atoms with van der Waals surface area (Å²) in [6, 6.07) is 6.60. The average molecular weight is 229 g/mol. The lowest BCUT2D eigenvalue weighted by atomic mass is 10.1. The molecule has 0 saturated carbocycles. The lowest BCUT2D eigenvalue weighted by Gasteiger charge is -2.14. The summed E-state index contributed by atoms with van der Waals surface area (Å²) in [6.07, 6.45) is -7.08. The standard InChI is InChI=1S/C11H10F3NO/c1-6-9(10(16)11(12,13)14)7-4-2-3-5-8(7)15-6/h2-5,10,15-16H,1H3/t10-/m0/s1. The Morgan fingerprint density at radius 1 is 1.25 bits per heavy atom. The van der Waals surface area contributed by atoms with Gasteiger partial charge in [0.15, 0.2) is 6.10 Å². The summed E-state index contributed by atoms with van der Waals surface area (Å²) in [5.74, 6) is 0. The van der Waals surface area contributed by atoms with E-state index in [9.17, 15) is 18.3 Å². The Morgan fingerprint density at radius 2 is 1.88 bits per heavy atom. The maximum atomic E-state index is 12.5. The molecule has 0 bridgehead atoms. The van der Waals surface area contributed by atoms with Crippen molar-refractivity contribution in [3.63, 3.8) is 0 Å². The molecule has 0 saturated heterocycles. The van der Waals surface area contributed by atoms with Crippen LogP contribution in [0.5, 0.6) is 0 Å². The summed E-state index contributed by atoms with van der Waals surface area (Å²) < 4.78 is 37.4. The van der Waals surface area contributed by atoms with Crippen LogP contribution in [-0.4, -0.2) is 16.3 Å². The highest BCUT2D eigenvalue weighted by molar-refractivity contribution is 5.85. The molecule has 2 aromatic rings. The van der Waals surface area contributed by atoms with E-state index in [4.69, 9.17) is 0 Å². The van der Waals surface area contributed by atoms with Gasteiger partial charge in [-0.25, -0.2) is 0 Å². The van der Waals surface area contributed by atoms with E-state index in [2.05, 4.69) is 4.98 Å². The lowest BCUT2D eigenvalue weighted by molar-refractivity contribution is -0.206. The van der Waals surface area contributed by atoms with Gasteiger partial charge in [-0.3, -0.25) is 0 Å². The van der Waals surface area contributed by atoms with Gasteiger partial charge < -0.3 is 10.1 Å². The van der Waals surface area contributed by atoms with Crippen molar-refractivity contribution < 1.29 is 18.3 Å². The van der Waals surface area contributed by atoms with Crippen LogP contribution in [0.1, 0.15) is 17.4 Å². The van der Waals surface area contributed by atoms with Crippen LogP contribution in [0.2, 0.25) is 0 Å². The molecule has 2 N–H and O–H groups in total. The van der Waals surface area contributed by atoms with Crippen molar-refractivity contribution in [1.82, 2.24) is 4.98 Å². The molecule has 2 nitrogen and oxygen atoms in total. The maximum absolute atomic E-state index is 12.5. The summed E-state index contributed by atoms with van der Waals surface area (Å²) in [4.78, 5) is 2.82. The van der Waals surface area contributed by atoms with Crippen molar-refractivity contribution >= 4 is 10.9 Å². The number of alkyl halides is 3. The second-order valence-corrected chi connectivity index (χ2v) is 3.65. The molecule has 2 rings (SSSR count). The fourth-order valence-electron chi connectivity index (χ4n) is 1.81. The molecule has 1 aromatic heterocycles. The van der Waals surface area contributed by atoms with E-state index in [1.54, 1.807) is 24.3 Å². The van der Waals surface area contributed by atoms with E-state index < -0.39 is 12.3 Å². The highest BCUT2D eigenvalue weighted by atomic mass is 19.4. The van der Waals surface area contributed by atoms with Crippen LogP contribution in [-0.2, 0) is 0 Å². The van der Waals surface area contributed by atoms with Gasteiger partial charge in [0.1, 0.15) is 0 Å². The molecule has 0 aliphatic rings. The first-order valence-corrected chi connectivity index (χ1v) is 4.73. The zero-order valence-electron chi connectivity index (χ0n) is 8.47. The molecule has 0 amide bonds. The predicted octanol–water partition coefficient (Wildman–Crippen LogP) is 3.07. The largest absolute Gasteiger partial charge is 0.418 e. The van der Waals surface area contributed by atoms with Crippen molar-refractivity contribution in [2.75, 3.05) is 0 Å². The van der Waals surface area contributed by atoms with E-state index >= 15 is 0 Å². The maximum Gasteiger partial charge on any atom is 0.418 e. The molecule has 0 unspecified atom stereocenters. The Hall–Kier alpha value is -1.49. The summed E-state index contributed by atoms with van der Waals surface area (Å²) in [5.41, 5.74) is 0.840. The molecule has 1 atom stereocenters. The smallest absolute Gasteiger partial charge is 0.379 e. The molecule has 16 heavy (non-hydrogen) atoms. The summed E-state index contributed by atoms with van der Waals surface area (Å²) in [7, 11) is 0. The first-order chi connectivity index (χ1) is 7.41. The fourth-order valence-corrected chi connectivity index (χ4v) is 1.81. The molecule has 0 aliphatic heterocycles. The number of fused-ring (bicyclic) bond motifs is 1. The second-order valence-electron chi connectivity index (χ2n) is 3.65. The molecule has 0 fully saturated rings. The number of aliphatic hydroxyl groups excluding tert-OH is 1. The minimum Gasteiger partial charge on any atom is -0.379 e. The Labute approximate surface area is 89.7 Å². The fraction of sp³-hybridized carbons (Fsp3) is 0.273. The number of hydrogen-bond donors (Lipinski definition) is 2. The minimum absolute atomic E-state index is 0.0944. The second kappa shape index (κ2) is 3.52. The third kappa shape index (κ3) is 1.67. The monoisotopic (exact) mass is 229 g/mol. The van der Waals surface area contributed by atoms with Gasteiger partial charge in [0.25, 0.3) is 0 Å². The molecule has 0 spiro atoms. The first-order valence-electron chi connectivity index (χ1n) is 4.73. The Bertz CT molecular complexity index is 515. The molecular weight excluding hydrogens is 219 g/mol. The van der Waals surface area contributed by atoms with Crippen LogP contribution in [0, 0.1) is 6.92 Å². The molecule has 86 valence electrons. The van der Waals surface area contributed by atoms with E-state index in [1.165, 1.54) is 6.92 Å². The normalized spacial score (nSPS) is 14.3. The molecule has 5 heteroatoms. The van der Waals surface area contributed by atoms with Crippen molar-refractivity contribution in [3.05, 3.63) is 35.5 Å². The van der Waals surface area contributed by atoms with Crippen molar-refractivity contribution in [3.8, 4) is 0 Å². The number of hydrogen-bond acceptors (Lipinski definition) is 1. The number of aliphatic hydroxyl groups is 1. The van der Waals surface area contributed by atoms with Gasteiger partial charge >= 0.3 is 6.18 Å². The van der Waals surface area contributed by atoms with E-state index in [-0.39, 0.29) is 5.56 Å². The highest BCUT2D eigenvalue weighted by Crippen LogP contribution is 2.37. The van der Waals surface area contributed by atoms with Gasteiger partial charge in [0, 0.05) is 22.2 Å². The number of aromatic amines is 1. The van der Waals surface area contributed by atoms with Gasteiger partial charge in [0.2, 0.25) is 0 Å². The number of halogens is 3. The average Bonchev–Trinajstić information content (AvgIpc) is 2.51. The van der Waals surface area contributed by atoms with Gasteiger partial charge in [-0.05, 0) is 13.0 Å². The van der Waals surface area contributed by atoms with Crippen LogP contribution in [0.4, 0.5) is 13.2 Å². The third-order valence-electron chi connectivity index (χ3n) is 2.53. The van der Waals surface area contributed by atoms with Gasteiger partial charge in [-0.15, -0.1) is 0 Å². The number of aryl methyl sites for hydroxylation is 1. The highest BCUT2D eigenvalue weighted by Gasteiger charge is 2.41. The van der Waals surface area contributed by atoms with E-state index in [1.807, 2.05) is 0 Å². The third-order valence-corrected chi connectivity index (χ3v) is 2.53. The molecule has 1 heterocycles. The Balaban J connectivity index is 2.64. The molecular formula is C11H10F3NO. The lowest BCUT2D eigenvalue weighted by Crippen LogP contribution is -2.20. The van der Waals surface area contributed by atoms with Crippen LogP contribution in [0.15, 0.2) is 24.3 Å². The van der Waals surface area contributed by atoms with E-state index in [0.717, 1.165) is 0 Å². The van der Waals surface area contributed by atoms with Gasteiger partial charge in [-0.2, -0.15) is 13.2 Å². The SMILES string of the molecule is Cc1[nH]c2ccccc2c1[C@H](O)C(F)(F)F. The number of rotatable bonds is 1. The zero-order chi connectivity index (χ0) is 11.9. The quantitative estimate of drug-likeness (QED) is 0.774. The van der Waals surface area contributed by atoms with Crippen LogP contribution < -0.4 is 0 Å². The van der Waals surface area contributed by atoms with Gasteiger partial charge in [-0.1, -0.05) is 18.2 Å². The number of H-pyrrole nitrogens is 1. The molecule has 0 radical (unpaired) electrons. The topological polar surface area (TPSA) is 36.0 Å². The Kier molecular flexibility index (Phi) is 2.42. The van der Waals surface area contributed by atoms with Crippen molar-refractivity contribution in [1.29, 1.82) is 0 Å². The van der Waals surface area contributed by atoms with Gasteiger partial charge in [0.05, 0.1) is 0 Å². The Morgan fingerprint density at radius 3 is 2.50 bits per heavy atom. The summed E-state index contributed by atoms with van der Waals surface area (Å²) in [5, 5.41) is 9.69. The van der Waals surface area contributed by atoms with Crippen LogP contribution in [0.25, 0.3) is 10.9 Å². The summed E-state index contributed by atoms with van der Waals surface area (Å²) >= 11 is 0. The number of benzene rings is 1.